The third kappa shape index (κ3) is 5.62. The quantitative estimate of drug-likeness (QED) is 0.509. The van der Waals surface area contributed by atoms with Crippen molar-refractivity contribution in [1.82, 2.24) is 9.71 Å². The molecule has 30 heavy (non-hydrogen) atoms. The van der Waals surface area contributed by atoms with E-state index in [1.807, 2.05) is 37.4 Å². The molecular formula is C23H24N4OS2. The lowest BCUT2D eigenvalue weighted by Gasteiger charge is -2.22. The molecule has 1 aromatic heterocycles. The van der Waals surface area contributed by atoms with Gasteiger partial charge in [-0.3, -0.25) is 9.52 Å². The van der Waals surface area contributed by atoms with E-state index in [1.54, 1.807) is 11.3 Å². The lowest BCUT2D eigenvalue weighted by molar-refractivity contribution is 0.0980. The standard InChI is InChI=1S/C23H24N4OS2/c1-16-4-6-20(7-5-16)15-27(13-12-18-8-10-19(14-24)11-9-18)23-25-21(17(2)30-23)22(28)26-29-3/h4-11H,12-13,15H2,1-3H3,(H,26,28). The molecule has 0 fully saturated rings. The van der Waals surface area contributed by atoms with Gasteiger partial charge in [0.2, 0.25) is 0 Å². The highest BCUT2D eigenvalue weighted by molar-refractivity contribution is 7.97. The Labute approximate surface area is 185 Å². The van der Waals surface area contributed by atoms with Crippen LogP contribution in [0.5, 0.6) is 0 Å². The Hall–Kier alpha value is -2.82. The average molecular weight is 437 g/mol. The number of carbonyl (C=O) groups is 1. The molecule has 0 saturated carbocycles. The third-order valence-corrected chi connectivity index (χ3v) is 6.13. The maximum Gasteiger partial charge on any atom is 0.280 e. The van der Waals surface area contributed by atoms with Crippen LogP contribution < -0.4 is 9.62 Å². The van der Waals surface area contributed by atoms with Gasteiger partial charge in [-0.05, 0) is 43.5 Å². The second kappa shape index (κ2) is 10.3. The fourth-order valence-corrected chi connectivity index (χ4v) is 4.25. The van der Waals surface area contributed by atoms with Crippen LogP contribution in [0.1, 0.15) is 37.6 Å². The van der Waals surface area contributed by atoms with Crippen LogP contribution in [0.2, 0.25) is 0 Å². The van der Waals surface area contributed by atoms with Gasteiger partial charge in [0.1, 0.15) is 5.69 Å². The van der Waals surface area contributed by atoms with E-state index in [9.17, 15) is 4.79 Å². The number of nitrogens with one attached hydrogen (secondary N) is 1. The van der Waals surface area contributed by atoms with E-state index < -0.39 is 0 Å². The molecule has 0 spiro atoms. The minimum absolute atomic E-state index is 0.162. The number of aryl methyl sites for hydroxylation is 2. The van der Waals surface area contributed by atoms with Crippen molar-refractivity contribution in [3.63, 3.8) is 0 Å². The summed E-state index contributed by atoms with van der Waals surface area (Å²) in [6.45, 7) is 5.48. The summed E-state index contributed by atoms with van der Waals surface area (Å²) in [5, 5.41) is 9.83. The van der Waals surface area contributed by atoms with Crippen LogP contribution in [-0.2, 0) is 13.0 Å². The van der Waals surface area contributed by atoms with Gasteiger partial charge in [-0.1, -0.05) is 53.9 Å². The topological polar surface area (TPSA) is 69.0 Å². The van der Waals surface area contributed by atoms with Crippen LogP contribution in [-0.4, -0.2) is 23.7 Å². The average Bonchev–Trinajstić information content (AvgIpc) is 3.14. The number of hydrogen-bond acceptors (Lipinski definition) is 6. The molecule has 0 aliphatic rings. The molecule has 0 saturated heterocycles. The largest absolute Gasteiger partial charge is 0.343 e. The van der Waals surface area contributed by atoms with Crippen LogP contribution in [0, 0.1) is 25.2 Å². The van der Waals surface area contributed by atoms with Gasteiger partial charge >= 0.3 is 0 Å². The first-order valence-corrected chi connectivity index (χ1v) is 11.6. The first kappa shape index (κ1) is 21.9. The predicted octanol–water partition coefficient (Wildman–Crippen LogP) is 4.89. The Kier molecular flexibility index (Phi) is 7.50. The van der Waals surface area contributed by atoms with E-state index in [-0.39, 0.29) is 5.91 Å². The van der Waals surface area contributed by atoms with Gasteiger partial charge < -0.3 is 4.90 Å². The number of hydrogen-bond donors (Lipinski definition) is 1. The fraction of sp³-hybridized carbons (Fsp3) is 0.261. The predicted molar refractivity (Wildman–Crippen MR) is 125 cm³/mol. The van der Waals surface area contributed by atoms with Crippen LogP contribution in [0.4, 0.5) is 5.13 Å². The maximum absolute atomic E-state index is 12.3. The van der Waals surface area contributed by atoms with Crippen LogP contribution in [0.25, 0.3) is 0 Å². The van der Waals surface area contributed by atoms with Crippen LogP contribution in [0.15, 0.2) is 48.5 Å². The number of nitriles is 1. The summed E-state index contributed by atoms with van der Waals surface area (Å²) in [4.78, 5) is 20.1. The zero-order valence-electron chi connectivity index (χ0n) is 17.3. The summed E-state index contributed by atoms with van der Waals surface area (Å²) in [6.07, 6.45) is 2.64. The van der Waals surface area contributed by atoms with Gasteiger partial charge in [-0.15, -0.1) is 11.3 Å². The van der Waals surface area contributed by atoms with Gasteiger partial charge in [-0.2, -0.15) is 5.26 Å². The molecule has 1 heterocycles. The summed E-state index contributed by atoms with van der Waals surface area (Å²) in [7, 11) is 0. The van der Waals surface area contributed by atoms with Gasteiger partial charge in [-0.25, -0.2) is 4.98 Å². The molecular weight excluding hydrogens is 412 g/mol. The summed E-state index contributed by atoms with van der Waals surface area (Å²) >= 11 is 2.82. The van der Waals surface area contributed by atoms with Crippen molar-refractivity contribution in [2.45, 2.75) is 26.8 Å². The minimum Gasteiger partial charge on any atom is -0.343 e. The van der Waals surface area contributed by atoms with E-state index in [2.05, 4.69) is 51.9 Å². The molecule has 154 valence electrons. The zero-order valence-corrected chi connectivity index (χ0v) is 18.9. The number of thiazole rings is 1. The fourth-order valence-electron chi connectivity index (χ4n) is 3.04. The van der Waals surface area contributed by atoms with Crippen molar-refractivity contribution in [3.05, 3.63) is 81.4 Å². The van der Waals surface area contributed by atoms with Gasteiger partial charge in [0, 0.05) is 24.2 Å². The molecule has 0 aliphatic carbocycles. The second-order valence-corrected chi connectivity index (χ2v) is 8.80. The highest BCUT2D eigenvalue weighted by atomic mass is 32.2. The summed E-state index contributed by atoms with van der Waals surface area (Å²) < 4.78 is 2.76. The van der Waals surface area contributed by atoms with E-state index in [0.717, 1.165) is 28.5 Å². The summed E-state index contributed by atoms with van der Waals surface area (Å²) in [5.74, 6) is -0.162. The lowest BCUT2D eigenvalue weighted by atomic mass is 10.1. The lowest BCUT2D eigenvalue weighted by Crippen LogP contribution is -2.25. The third-order valence-electron chi connectivity index (χ3n) is 4.71. The Bertz CT molecular complexity index is 1040. The molecule has 0 unspecified atom stereocenters. The Morgan fingerprint density at radius 1 is 1.13 bits per heavy atom. The molecule has 5 nitrogen and oxygen atoms in total. The summed E-state index contributed by atoms with van der Waals surface area (Å²) in [5.41, 5.74) is 4.73. The Morgan fingerprint density at radius 3 is 2.43 bits per heavy atom. The highest BCUT2D eigenvalue weighted by Gasteiger charge is 2.19. The molecule has 1 amide bonds. The molecule has 0 atom stereocenters. The van der Waals surface area contributed by atoms with Crippen molar-refractivity contribution in [2.24, 2.45) is 0 Å². The number of anilines is 1. The number of amides is 1. The van der Waals surface area contributed by atoms with Crippen molar-refractivity contribution in [3.8, 4) is 6.07 Å². The van der Waals surface area contributed by atoms with E-state index in [0.29, 0.717) is 17.8 Å². The zero-order chi connectivity index (χ0) is 21.5. The minimum atomic E-state index is -0.162. The first-order valence-electron chi connectivity index (χ1n) is 9.60. The first-order chi connectivity index (χ1) is 14.5. The number of carbonyl (C=O) groups excluding carboxylic acids is 1. The van der Waals surface area contributed by atoms with Crippen molar-refractivity contribution >= 4 is 34.3 Å². The van der Waals surface area contributed by atoms with Crippen LogP contribution >= 0.6 is 23.3 Å². The van der Waals surface area contributed by atoms with E-state index in [4.69, 9.17) is 5.26 Å². The number of nitrogens with zero attached hydrogens (tertiary/aromatic N) is 3. The monoisotopic (exact) mass is 436 g/mol. The van der Waals surface area contributed by atoms with Crippen LogP contribution in [0.3, 0.4) is 0 Å². The van der Waals surface area contributed by atoms with E-state index in [1.165, 1.54) is 23.1 Å². The SMILES string of the molecule is CSNC(=O)c1nc(N(CCc2ccc(C#N)cc2)Cc2ccc(C)cc2)sc1C. The molecule has 7 heteroatoms. The molecule has 0 aliphatic heterocycles. The second-order valence-electron chi connectivity index (χ2n) is 7.00. The smallest absolute Gasteiger partial charge is 0.280 e. The maximum atomic E-state index is 12.3. The van der Waals surface area contributed by atoms with Crippen molar-refractivity contribution < 1.29 is 4.79 Å². The number of benzene rings is 2. The van der Waals surface area contributed by atoms with Gasteiger partial charge in [0.15, 0.2) is 5.13 Å². The Morgan fingerprint density at radius 2 is 1.80 bits per heavy atom. The normalized spacial score (nSPS) is 10.5. The summed E-state index contributed by atoms with van der Waals surface area (Å²) in [6, 6.07) is 18.3. The molecule has 3 aromatic rings. The van der Waals surface area contributed by atoms with Gasteiger partial charge in [0.25, 0.3) is 5.91 Å². The molecule has 2 aromatic carbocycles. The highest BCUT2D eigenvalue weighted by Crippen LogP contribution is 2.28. The van der Waals surface area contributed by atoms with Gasteiger partial charge in [0.05, 0.1) is 11.6 Å². The van der Waals surface area contributed by atoms with Crippen molar-refractivity contribution in [1.29, 1.82) is 5.26 Å². The molecule has 0 radical (unpaired) electrons. The molecule has 1 N–H and O–H groups in total. The number of rotatable bonds is 8. The molecule has 0 bridgehead atoms. The number of aromatic nitrogens is 1. The molecule has 3 rings (SSSR count). The van der Waals surface area contributed by atoms with E-state index >= 15 is 0 Å². The van der Waals surface area contributed by atoms with Crippen molar-refractivity contribution in [2.75, 3.05) is 17.7 Å². The Balaban J connectivity index is 1.83.